The normalized spacial score (nSPS) is 28.6. The molecule has 2 heteroatoms. The number of hydrogen-bond acceptors (Lipinski definition) is 2. The highest BCUT2D eigenvalue weighted by atomic mass is 16.1. The summed E-state index contributed by atoms with van der Waals surface area (Å²) in [7, 11) is 0. The number of carbonyl (C=O) groups excluding carboxylic acids is 1. The minimum Gasteiger partial charge on any atom is -0.302 e. The molecular weight excluding hydrogens is 246 g/mol. The van der Waals surface area contributed by atoms with Gasteiger partial charge >= 0.3 is 0 Å². The van der Waals surface area contributed by atoms with Crippen molar-refractivity contribution in [2.24, 2.45) is 5.92 Å². The molecule has 0 spiro atoms. The summed E-state index contributed by atoms with van der Waals surface area (Å²) in [5.41, 5.74) is 2.46. The molecule has 20 heavy (non-hydrogen) atoms. The van der Waals surface area contributed by atoms with Crippen LogP contribution in [0.5, 0.6) is 0 Å². The molecule has 1 aliphatic heterocycles. The quantitative estimate of drug-likeness (QED) is 0.794. The van der Waals surface area contributed by atoms with Gasteiger partial charge in [-0.1, -0.05) is 43.3 Å². The summed E-state index contributed by atoms with van der Waals surface area (Å²) in [5, 5.41) is 2.27. The molecule has 1 saturated carbocycles. The maximum Gasteiger partial charge on any atom is 0.150 e. The van der Waals surface area contributed by atoms with Gasteiger partial charge in [-0.15, -0.1) is 0 Å². The highest BCUT2D eigenvalue weighted by Crippen LogP contribution is 2.59. The van der Waals surface area contributed by atoms with Crippen molar-refractivity contribution in [1.82, 2.24) is 4.90 Å². The van der Waals surface area contributed by atoms with Crippen LogP contribution in [0.3, 0.4) is 0 Å². The number of likely N-dealkylation sites (N-methyl/N-ethyl adjacent to an activating group) is 1. The molecule has 2 aromatic rings. The Morgan fingerprint density at radius 2 is 2.15 bits per heavy atom. The predicted molar refractivity (Wildman–Crippen MR) is 81.2 cm³/mol. The molecule has 2 aliphatic rings. The van der Waals surface area contributed by atoms with Crippen LogP contribution in [-0.4, -0.2) is 30.8 Å². The van der Waals surface area contributed by atoms with E-state index in [-0.39, 0.29) is 5.41 Å². The van der Waals surface area contributed by atoms with Crippen LogP contribution < -0.4 is 0 Å². The Hall–Kier alpha value is -1.67. The van der Waals surface area contributed by atoms with E-state index < -0.39 is 0 Å². The van der Waals surface area contributed by atoms with Crippen molar-refractivity contribution < 1.29 is 4.79 Å². The predicted octanol–water partition coefficient (Wildman–Crippen LogP) is 3.25. The summed E-state index contributed by atoms with van der Waals surface area (Å²) >= 11 is 0. The number of rotatable bonds is 3. The van der Waals surface area contributed by atoms with E-state index in [9.17, 15) is 4.79 Å². The van der Waals surface area contributed by atoms with Gasteiger partial charge in [-0.3, -0.25) is 4.79 Å². The molecule has 2 fully saturated rings. The van der Waals surface area contributed by atoms with Crippen molar-refractivity contribution in [2.45, 2.75) is 18.8 Å². The monoisotopic (exact) mass is 265 g/mol. The van der Waals surface area contributed by atoms with Gasteiger partial charge in [0.05, 0.1) is 0 Å². The first-order valence-electron chi connectivity index (χ1n) is 7.48. The topological polar surface area (TPSA) is 20.3 Å². The average molecular weight is 265 g/mol. The van der Waals surface area contributed by atoms with Gasteiger partial charge in [-0.05, 0) is 35.2 Å². The largest absolute Gasteiger partial charge is 0.302 e. The molecule has 0 aromatic heterocycles. The fraction of sp³-hybridized carbons (Fsp3) is 0.389. The molecule has 0 radical (unpaired) electrons. The van der Waals surface area contributed by atoms with Crippen LogP contribution in [0.15, 0.2) is 36.4 Å². The van der Waals surface area contributed by atoms with E-state index >= 15 is 0 Å². The van der Waals surface area contributed by atoms with Gasteiger partial charge in [0.2, 0.25) is 0 Å². The summed E-state index contributed by atoms with van der Waals surface area (Å²) in [5.74, 6) is 0.752. The lowest BCUT2D eigenvalue weighted by Gasteiger charge is -2.21. The number of likely N-dealkylation sites (tertiary alicyclic amines) is 1. The van der Waals surface area contributed by atoms with Gasteiger partial charge in [0.1, 0.15) is 0 Å². The SMILES string of the molecule is CCN1CC2CC2(c2ccc3ccccc3c2C=O)C1. The Morgan fingerprint density at radius 3 is 2.90 bits per heavy atom. The van der Waals surface area contributed by atoms with Crippen LogP contribution in [0, 0.1) is 5.92 Å². The third kappa shape index (κ3) is 1.52. The summed E-state index contributed by atoms with van der Waals surface area (Å²) in [6, 6.07) is 12.6. The molecule has 2 nitrogen and oxygen atoms in total. The Labute approximate surface area is 119 Å². The summed E-state index contributed by atoms with van der Waals surface area (Å²) in [4.78, 5) is 14.2. The number of aldehydes is 1. The number of carbonyl (C=O) groups is 1. The van der Waals surface area contributed by atoms with E-state index in [1.807, 2.05) is 12.1 Å². The molecule has 0 amide bonds. The van der Waals surface area contributed by atoms with Crippen molar-refractivity contribution in [3.8, 4) is 0 Å². The second-order valence-corrected chi connectivity index (χ2v) is 6.25. The van der Waals surface area contributed by atoms with Gasteiger partial charge < -0.3 is 4.90 Å². The third-order valence-electron chi connectivity index (χ3n) is 5.29. The first kappa shape index (κ1) is 12.1. The zero-order valence-electron chi connectivity index (χ0n) is 11.8. The molecule has 2 atom stereocenters. The van der Waals surface area contributed by atoms with E-state index in [1.165, 1.54) is 18.5 Å². The molecule has 0 N–H and O–H groups in total. The lowest BCUT2D eigenvalue weighted by atomic mass is 9.88. The smallest absolute Gasteiger partial charge is 0.150 e. The molecule has 2 unspecified atom stereocenters. The average Bonchev–Trinajstić information content (AvgIpc) is 3.07. The van der Waals surface area contributed by atoms with Crippen molar-refractivity contribution >= 4 is 17.1 Å². The van der Waals surface area contributed by atoms with Crippen LogP contribution in [-0.2, 0) is 5.41 Å². The van der Waals surface area contributed by atoms with Crippen LogP contribution in [0.1, 0.15) is 29.3 Å². The summed E-state index contributed by atoms with van der Waals surface area (Å²) in [6.07, 6.45) is 2.32. The highest BCUT2D eigenvalue weighted by Gasteiger charge is 2.60. The van der Waals surface area contributed by atoms with E-state index in [4.69, 9.17) is 0 Å². The van der Waals surface area contributed by atoms with Crippen LogP contribution in [0.2, 0.25) is 0 Å². The van der Waals surface area contributed by atoms with Crippen molar-refractivity contribution in [1.29, 1.82) is 0 Å². The fourth-order valence-corrected chi connectivity index (χ4v) is 4.10. The van der Waals surface area contributed by atoms with Gasteiger partial charge in [0.25, 0.3) is 0 Å². The Balaban J connectivity index is 1.87. The standard InChI is InChI=1S/C18H19NO/c1-2-19-10-14-9-18(14,12-19)17-8-7-13-5-3-4-6-15(13)16(17)11-20/h3-8,11,14H,2,9-10,12H2,1H3. The van der Waals surface area contributed by atoms with Crippen molar-refractivity contribution in [2.75, 3.05) is 19.6 Å². The van der Waals surface area contributed by atoms with Crippen LogP contribution >= 0.6 is 0 Å². The lowest BCUT2D eigenvalue weighted by Crippen LogP contribution is -2.26. The van der Waals surface area contributed by atoms with E-state index in [1.54, 1.807) is 0 Å². The first-order chi connectivity index (χ1) is 9.78. The van der Waals surface area contributed by atoms with Gasteiger partial charge in [-0.2, -0.15) is 0 Å². The first-order valence-corrected chi connectivity index (χ1v) is 7.48. The summed E-state index contributed by atoms with van der Waals surface area (Å²) in [6.45, 7) is 5.65. The molecule has 2 aromatic carbocycles. The van der Waals surface area contributed by atoms with Crippen molar-refractivity contribution in [3.63, 3.8) is 0 Å². The number of hydrogen-bond donors (Lipinski definition) is 0. The van der Waals surface area contributed by atoms with Crippen molar-refractivity contribution in [3.05, 3.63) is 47.5 Å². The Bertz CT molecular complexity index is 693. The highest BCUT2D eigenvalue weighted by molar-refractivity contribution is 6.00. The lowest BCUT2D eigenvalue weighted by molar-refractivity contribution is 0.112. The maximum atomic E-state index is 11.7. The van der Waals surface area contributed by atoms with Gasteiger partial charge in [0, 0.05) is 24.1 Å². The molecule has 102 valence electrons. The van der Waals surface area contributed by atoms with E-state index in [0.29, 0.717) is 0 Å². The van der Waals surface area contributed by atoms with E-state index in [2.05, 4.69) is 36.1 Å². The minimum absolute atomic E-state index is 0.260. The van der Waals surface area contributed by atoms with Crippen LogP contribution in [0.25, 0.3) is 10.8 Å². The van der Waals surface area contributed by atoms with E-state index in [0.717, 1.165) is 41.6 Å². The van der Waals surface area contributed by atoms with Gasteiger partial charge in [-0.25, -0.2) is 0 Å². The maximum absolute atomic E-state index is 11.7. The molecule has 1 saturated heterocycles. The number of piperidine rings is 1. The molecular formula is C18H19NO. The summed E-state index contributed by atoms with van der Waals surface area (Å²) < 4.78 is 0. The minimum atomic E-state index is 0.260. The Kier molecular flexibility index (Phi) is 2.52. The van der Waals surface area contributed by atoms with Gasteiger partial charge in [0.15, 0.2) is 6.29 Å². The second kappa shape index (κ2) is 4.16. The zero-order valence-corrected chi connectivity index (χ0v) is 11.8. The fourth-order valence-electron chi connectivity index (χ4n) is 4.10. The number of fused-ring (bicyclic) bond motifs is 2. The zero-order chi connectivity index (χ0) is 13.7. The third-order valence-corrected chi connectivity index (χ3v) is 5.29. The number of benzene rings is 2. The number of nitrogens with zero attached hydrogens (tertiary/aromatic N) is 1. The Morgan fingerprint density at radius 1 is 1.30 bits per heavy atom. The molecule has 4 rings (SSSR count). The molecule has 1 aliphatic carbocycles. The van der Waals surface area contributed by atoms with Crippen LogP contribution in [0.4, 0.5) is 0 Å². The molecule has 1 heterocycles. The molecule has 0 bridgehead atoms. The second-order valence-electron chi connectivity index (χ2n) is 6.25.